The maximum absolute atomic E-state index is 11.5. The molecule has 1 heterocycles. The predicted octanol–water partition coefficient (Wildman–Crippen LogP) is 4.32. The van der Waals surface area contributed by atoms with E-state index < -0.39 is 5.97 Å². The van der Waals surface area contributed by atoms with E-state index in [1.165, 1.54) is 19.2 Å². The number of aromatic nitrogens is 2. The summed E-state index contributed by atoms with van der Waals surface area (Å²) in [6.07, 6.45) is 0. The van der Waals surface area contributed by atoms with Crippen LogP contribution in [0, 0.1) is 0 Å². The molecule has 0 fully saturated rings. The number of benzene rings is 2. The summed E-state index contributed by atoms with van der Waals surface area (Å²) in [4.78, 5) is 19.2. The number of hydrogen-bond acceptors (Lipinski definition) is 3. The molecule has 3 rings (SSSR count). The first-order valence-electron chi connectivity index (χ1n) is 6.12. The number of para-hydroxylation sites is 2. The molecule has 21 heavy (non-hydrogen) atoms. The van der Waals surface area contributed by atoms with Gasteiger partial charge in [0.25, 0.3) is 0 Å². The maximum Gasteiger partial charge on any atom is 0.337 e. The van der Waals surface area contributed by atoms with E-state index in [9.17, 15) is 4.79 Å². The largest absolute Gasteiger partial charge is 0.465 e. The highest BCUT2D eigenvalue weighted by Crippen LogP contribution is 2.35. The van der Waals surface area contributed by atoms with Gasteiger partial charge in [0.15, 0.2) is 0 Å². The van der Waals surface area contributed by atoms with Crippen molar-refractivity contribution in [2.45, 2.75) is 0 Å². The molecule has 0 aliphatic heterocycles. The zero-order chi connectivity index (χ0) is 15.0. The Bertz CT molecular complexity index is 787. The summed E-state index contributed by atoms with van der Waals surface area (Å²) >= 11 is 12.5. The fourth-order valence-electron chi connectivity index (χ4n) is 2.11. The number of imidazole rings is 1. The summed E-state index contributed by atoms with van der Waals surface area (Å²) in [6, 6.07) is 10.6. The molecule has 0 unspecified atom stereocenters. The molecule has 1 aromatic heterocycles. The van der Waals surface area contributed by atoms with Crippen LogP contribution in [0.1, 0.15) is 10.4 Å². The Hall–Kier alpha value is -2.04. The number of aromatic amines is 1. The van der Waals surface area contributed by atoms with Crippen LogP contribution in [0.2, 0.25) is 10.0 Å². The predicted molar refractivity (Wildman–Crippen MR) is 82.9 cm³/mol. The lowest BCUT2D eigenvalue weighted by Crippen LogP contribution is -2.01. The van der Waals surface area contributed by atoms with Crippen molar-refractivity contribution in [2.24, 2.45) is 0 Å². The van der Waals surface area contributed by atoms with Gasteiger partial charge in [-0.1, -0.05) is 35.3 Å². The van der Waals surface area contributed by atoms with E-state index in [2.05, 4.69) is 14.7 Å². The second-order valence-electron chi connectivity index (χ2n) is 4.41. The number of esters is 1. The highest BCUT2D eigenvalue weighted by atomic mass is 35.5. The molecule has 0 atom stereocenters. The van der Waals surface area contributed by atoms with Crippen LogP contribution in [-0.2, 0) is 4.74 Å². The normalized spacial score (nSPS) is 10.8. The van der Waals surface area contributed by atoms with E-state index in [0.717, 1.165) is 11.0 Å². The molecule has 6 heteroatoms. The fourth-order valence-corrected chi connectivity index (χ4v) is 2.77. The van der Waals surface area contributed by atoms with Gasteiger partial charge < -0.3 is 9.72 Å². The number of ether oxygens (including phenoxy) is 1. The van der Waals surface area contributed by atoms with Crippen molar-refractivity contribution in [3.8, 4) is 11.4 Å². The summed E-state index contributed by atoms with van der Waals surface area (Å²) in [5, 5.41) is 0.670. The van der Waals surface area contributed by atoms with Crippen LogP contribution in [-0.4, -0.2) is 23.0 Å². The summed E-state index contributed by atoms with van der Waals surface area (Å²) < 4.78 is 4.66. The minimum Gasteiger partial charge on any atom is -0.465 e. The standard InChI is InChI=1S/C15H10Cl2N2O2/c1-21-15(20)8-6-9(16)13(10(17)7-8)14-18-11-4-2-3-5-12(11)19-14/h2-7H,1H3,(H,18,19). The third-order valence-corrected chi connectivity index (χ3v) is 3.69. The van der Waals surface area contributed by atoms with Gasteiger partial charge >= 0.3 is 5.97 Å². The Kier molecular flexibility index (Phi) is 3.57. The molecule has 0 spiro atoms. The van der Waals surface area contributed by atoms with Gasteiger partial charge in [-0.3, -0.25) is 0 Å². The Morgan fingerprint density at radius 3 is 2.48 bits per heavy atom. The lowest BCUT2D eigenvalue weighted by molar-refractivity contribution is 0.0601. The van der Waals surface area contributed by atoms with Gasteiger partial charge in [-0.05, 0) is 24.3 Å². The van der Waals surface area contributed by atoms with Crippen molar-refractivity contribution in [3.63, 3.8) is 0 Å². The van der Waals surface area contributed by atoms with Crippen LogP contribution < -0.4 is 0 Å². The number of H-pyrrole nitrogens is 1. The lowest BCUT2D eigenvalue weighted by atomic mass is 10.1. The zero-order valence-electron chi connectivity index (χ0n) is 11.0. The monoisotopic (exact) mass is 320 g/mol. The van der Waals surface area contributed by atoms with Crippen molar-refractivity contribution < 1.29 is 9.53 Å². The molecule has 2 aromatic carbocycles. The second-order valence-corrected chi connectivity index (χ2v) is 5.22. The van der Waals surface area contributed by atoms with E-state index in [0.29, 0.717) is 27.0 Å². The van der Waals surface area contributed by atoms with Crippen LogP contribution in [0.25, 0.3) is 22.4 Å². The molecule has 0 aliphatic rings. The minimum absolute atomic E-state index is 0.298. The van der Waals surface area contributed by atoms with Gasteiger partial charge in [-0.25, -0.2) is 9.78 Å². The number of halogens is 2. The molecular formula is C15H10Cl2N2O2. The van der Waals surface area contributed by atoms with Gasteiger partial charge in [0, 0.05) is 0 Å². The van der Waals surface area contributed by atoms with Crippen molar-refractivity contribution in [1.82, 2.24) is 9.97 Å². The summed E-state index contributed by atoms with van der Waals surface area (Å²) in [5.41, 5.74) is 2.56. The molecule has 0 radical (unpaired) electrons. The summed E-state index contributed by atoms with van der Waals surface area (Å²) in [5.74, 6) is 0.0672. The van der Waals surface area contributed by atoms with Gasteiger partial charge in [-0.15, -0.1) is 0 Å². The number of carbonyl (C=O) groups excluding carboxylic acids is 1. The first-order valence-corrected chi connectivity index (χ1v) is 6.88. The van der Waals surface area contributed by atoms with Gasteiger partial charge in [0.2, 0.25) is 0 Å². The number of rotatable bonds is 2. The quantitative estimate of drug-likeness (QED) is 0.715. The second kappa shape index (κ2) is 5.39. The van der Waals surface area contributed by atoms with Crippen molar-refractivity contribution in [3.05, 3.63) is 52.0 Å². The molecule has 106 valence electrons. The molecule has 0 aliphatic carbocycles. The number of nitrogens with one attached hydrogen (secondary N) is 1. The van der Waals surface area contributed by atoms with Gasteiger partial charge in [0.05, 0.1) is 39.3 Å². The first-order chi connectivity index (χ1) is 10.1. The molecular weight excluding hydrogens is 311 g/mol. The molecule has 4 nitrogen and oxygen atoms in total. The highest BCUT2D eigenvalue weighted by Gasteiger charge is 2.17. The Balaban J connectivity index is 2.16. The third-order valence-electron chi connectivity index (χ3n) is 3.09. The summed E-state index contributed by atoms with van der Waals surface area (Å²) in [7, 11) is 1.30. The van der Waals surface area contributed by atoms with Crippen LogP contribution in [0.5, 0.6) is 0 Å². The maximum atomic E-state index is 11.5. The number of nitrogens with zero attached hydrogens (tertiary/aromatic N) is 1. The Morgan fingerprint density at radius 1 is 1.19 bits per heavy atom. The van der Waals surface area contributed by atoms with Crippen LogP contribution >= 0.6 is 23.2 Å². The molecule has 0 saturated heterocycles. The SMILES string of the molecule is COC(=O)c1cc(Cl)c(-c2nc3ccccc3[nH]2)c(Cl)c1. The molecule has 0 saturated carbocycles. The van der Waals surface area contributed by atoms with Gasteiger partial charge in [0.1, 0.15) is 5.82 Å². The van der Waals surface area contributed by atoms with Crippen LogP contribution in [0.4, 0.5) is 0 Å². The molecule has 1 N–H and O–H groups in total. The average molecular weight is 321 g/mol. The van der Waals surface area contributed by atoms with Crippen molar-refractivity contribution in [1.29, 1.82) is 0 Å². The first kappa shape index (κ1) is 13.9. The van der Waals surface area contributed by atoms with E-state index in [1.807, 2.05) is 24.3 Å². The number of methoxy groups -OCH3 is 1. The molecule has 0 bridgehead atoms. The smallest absolute Gasteiger partial charge is 0.337 e. The lowest BCUT2D eigenvalue weighted by Gasteiger charge is -2.07. The van der Waals surface area contributed by atoms with E-state index >= 15 is 0 Å². The number of carbonyl (C=O) groups is 1. The fraction of sp³-hybridized carbons (Fsp3) is 0.0667. The van der Waals surface area contributed by atoms with E-state index in [1.54, 1.807) is 0 Å². The molecule has 0 amide bonds. The minimum atomic E-state index is -0.491. The topological polar surface area (TPSA) is 55.0 Å². The molecule has 3 aromatic rings. The highest BCUT2D eigenvalue weighted by molar-refractivity contribution is 6.39. The van der Waals surface area contributed by atoms with Crippen LogP contribution in [0.3, 0.4) is 0 Å². The van der Waals surface area contributed by atoms with E-state index in [4.69, 9.17) is 23.2 Å². The average Bonchev–Trinajstić information content (AvgIpc) is 2.88. The van der Waals surface area contributed by atoms with Crippen molar-refractivity contribution in [2.75, 3.05) is 7.11 Å². The van der Waals surface area contributed by atoms with Crippen molar-refractivity contribution >= 4 is 40.2 Å². The Morgan fingerprint density at radius 2 is 1.86 bits per heavy atom. The Labute approximate surface area is 130 Å². The summed E-state index contributed by atoms with van der Waals surface area (Å²) in [6.45, 7) is 0. The van der Waals surface area contributed by atoms with E-state index in [-0.39, 0.29) is 0 Å². The zero-order valence-corrected chi connectivity index (χ0v) is 12.5. The number of fused-ring (bicyclic) bond motifs is 1. The van der Waals surface area contributed by atoms with Crippen LogP contribution in [0.15, 0.2) is 36.4 Å². The number of hydrogen-bond donors (Lipinski definition) is 1. The third kappa shape index (κ3) is 2.48. The van der Waals surface area contributed by atoms with Gasteiger partial charge in [-0.2, -0.15) is 0 Å².